The molecular formula is C16H27N3O3. The van der Waals surface area contributed by atoms with Gasteiger partial charge >= 0.3 is 5.97 Å². The fraction of sp³-hybridized carbons (Fsp3) is 0.625. The number of hydrogen-bond donors (Lipinski definition) is 4. The van der Waals surface area contributed by atoms with E-state index in [1.54, 1.807) is 7.05 Å². The van der Waals surface area contributed by atoms with E-state index in [2.05, 4.69) is 5.32 Å². The molecule has 0 amide bonds. The largest absolute Gasteiger partial charge is 0.481 e. The number of allylic oxidation sites excluding steroid dienone is 2. The number of nitrogens with two attached hydrogens (primary N) is 2. The van der Waals surface area contributed by atoms with Crippen molar-refractivity contribution < 1.29 is 14.7 Å². The van der Waals surface area contributed by atoms with E-state index in [0.29, 0.717) is 6.42 Å². The molecule has 0 spiro atoms. The number of likely N-dealkylation sites (N-methyl/N-ethyl adjacent to an activating group) is 1. The summed E-state index contributed by atoms with van der Waals surface area (Å²) in [6, 6.07) is -0.0452. The Morgan fingerprint density at radius 2 is 1.86 bits per heavy atom. The smallest absolute Gasteiger partial charge is 0.303 e. The van der Waals surface area contributed by atoms with Gasteiger partial charge in [0, 0.05) is 18.9 Å². The minimum Gasteiger partial charge on any atom is -0.481 e. The third kappa shape index (κ3) is 5.05. The van der Waals surface area contributed by atoms with Crippen LogP contribution in [0.2, 0.25) is 0 Å². The molecule has 1 aliphatic carbocycles. The molecule has 1 rings (SSSR count). The second-order valence-electron chi connectivity index (χ2n) is 5.94. The van der Waals surface area contributed by atoms with Crippen LogP contribution in [0.25, 0.3) is 0 Å². The zero-order valence-electron chi connectivity index (χ0n) is 13.3. The molecule has 6 nitrogen and oxygen atoms in total. The van der Waals surface area contributed by atoms with Crippen molar-refractivity contribution in [1.29, 1.82) is 0 Å². The van der Waals surface area contributed by atoms with Crippen molar-refractivity contribution >= 4 is 11.8 Å². The molecular weight excluding hydrogens is 282 g/mol. The van der Waals surface area contributed by atoms with Gasteiger partial charge in [-0.05, 0) is 31.7 Å². The number of hydrogen-bond acceptors (Lipinski definition) is 5. The van der Waals surface area contributed by atoms with Gasteiger partial charge in [-0.3, -0.25) is 14.9 Å². The lowest BCUT2D eigenvalue weighted by atomic mass is 9.81. The number of carbonyl (C=O) groups is 2. The monoisotopic (exact) mass is 309 g/mol. The first-order chi connectivity index (χ1) is 10.3. The summed E-state index contributed by atoms with van der Waals surface area (Å²) in [7, 11) is 1.66. The van der Waals surface area contributed by atoms with Crippen LogP contribution in [0, 0.1) is 11.8 Å². The van der Waals surface area contributed by atoms with Gasteiger partial charge in [-0.1, -0.05) is 31.2 Å². The second-order valence-corrected chi connectivity index (χ2v) is 5.94. The van der Waals surface area contributed by atoms with E-state index >= 15 is 0 Å². The number of Topliss-reactive ketones (excluding diaryl/α,β-unsaturated/α-hetero) is 1. The molecule has 2 unspecified atom stereocenters. The molecule has 6 heteroatoms. The molecule has 1 aliphatic rings. The fourth-order valence-corrected chi connectivity index (χ4v) is 2.69. The van der Waals surface area contributed by atoms with Gasteiger partial charge < -0.3 is 16.6 Å². The lowest BCUT2D eigenvalue weighted by Gasteiger charge is -2.35. The maximum absolute atomic E-state index is 12.4. The molecule has 22 heavy (non-hydrogen) atoms. The second kappa shape index (κ2) is 8.22. The summed E-state index contributed by atoms with van der Waals surface area (Å²) in [5, 5.41) is 11.6. The van der Waals surface area contributed by atoms with Crippen LogP contribution >= 0.6 is 0 Å². The minimum atomic E-state index is -1.14. The molecule has 0 heterocycles. The van der Waals surface area contributed by atoms with E-state index in [-0.39, 0.29) is 36.5 Å². The number of nitrogens with one attached hydrogen (secondary N) is 1. The summed E-state index contributed by atoms with van der Waals surface area (Å²) in [5.74, 6) is -0.938. The Hall–Kier alpha value is -1.50. The molecule has 0 fully saturated rings. The number of carboxylic acid groups (broad SMARTS) is 1. The molecule has 0 radical (unpaired) electrons. The van der Waals surface area contributed by atoms with Crippen LogP contribution < -0.4 is 16.8 Å². The van der Waals surface area contributed by atoms with Gasteiger partial charge in [0.15, 0.2) is 5.78 Å². The van der Waals surface area contributed by atoms with Crippen molar-refractivity contribution in [1.82, 2.24) is 5.32 Å². The maximum atomic E-state index is 12.4. The van der Waals surface area contributed by atoms with Crippen LogP contribution in [0.4, 0.5) is 0 Å². The van der Waals surface area contributed by atoms with Gasteiger partial charge in [0.1, 0.15) is 5.66 Å². The quantitative estimate of drug-likeness (QED) is 0.369. The molecule has 0 bridgehead atoms. The molecule has 0 saturated carbocycles. The van der Waals surface area contributed by atoms with Gasteiger partial charge in [0.2, 0.25) is 0 Å². The molecule has 0 saturated heterocycles. The molecule has 124 valence electrons. The van der Waals surface area contributed by atoms with E-state index in [4.69, 9.17) is 16.6 Å². The van der Waals surface area contributed by atoms with Gasteiger partial charge in [-0.15, -0.1) is 0 Å². The minimum absolute atomic E-state index is 0.0219. The van der Waals surface area contributed by atoms with E-state index < -0.39 is 11.6 Å². The van der Waals surface area contributed by atoms with Gasteiger partial charge in [-0.2, -0.15) is 0 Å². The van der Waals surface area contributed by atoms with Crippen LogP contribution in [0.15, 0.2) is 24.3 Å². The highest BCUT2D eigenvalue weighted by Gasteiger charge is 2.37. The lowest BCUT2D eigenvalue weighted by Crippen LogP contribution is -2.62. The summed E-state index contributed by atoms with van der Waals surface area (Å²) < 4.78 is 0. The Kier molecular flexibility index (Phi) is 6.93. The predicted octanol–water partition coefficient (Wildman–Crippen LogP) is 0.781. The number of carboxylic acids is 1. The van der Waals surface area contributed by atoms with Crippen LogP contribution in [-0.4, -0.2) is 35.6 Å². The first-order valence-corrected chi connectivity index (χ1v) is 7.64. The average Bonchev–Trinajstić information content (AvgIpc) is 2.48. The molecule has 0 aromatic rings. The van der Waals surface area contributed by atoms with Crippen molar-refractivity contribution in [2.75, 3.05) is 7.05 Å². The standard InChI is InChI=1S/C16H27N3O3/c1-11(10-12-6-8-13(17)9-7-12)16(18,19-2)14(20)4-3-5-15(21)22/h6-9,11-13,19H,3-5,10,17-18H2,1-2H3,(H,21,22). The van der Waals surface area contributed by atoms with Crippen LogP contribution in [0.1, 0.15) is 32.6 Å². The fourth-order valence-electron chi connectivity index (χ4n) is 2.69. The zero-order chi connectivity index (χ0) is 16.8. The summed E-state index contributed by atoms with van der Waals surface area (Å²) in [5.41, 5.74) is 10.9. The van der Waals surface area contributed by atoms with Crippen LogP contribution in [0.3, 0.4) is 0 Å². The molecule has 0 aromatic heterocycles. The Bertz CT molecular complexity index is 448. The van der Waals surface area contributed by atoms with Crippen molar-refractivity contribution in [2.45, 2.75) is 44.3 Å². The Morgan fingerprint density at radius 3 is 2.36 bits per heavy atom. The highest BCUT2D eigenvalue weighted by atomic mass is 16.4. The molecule has 0 aliphatic heterocycles. The van der Waals surface area contributed by atoms with Crippen molar-refractivity contribution in [3.8, 4) is 0 Å². The van der Waals surface area contributed by atoms with E-state index in [1.165, 1.54) is 0 Å². The van der Waals surface area contributed by atoms with Crippen molar-refractivity contribution in [3.05, 3.63) is 24.3 Å². The highest BCUT2D eigenvalue weighted by molar-refractivity contribution is 5.88. The Balaban J connectivity index is 2.62. The third-order valence-electron chi connectivity index (χ3n) is 4.23. The third-order valence-corrected chi connectivity index (χ3v) is 4.23. The van der Waals surface area contributed by atoms with E-state index in [1.807, 2.05) is 31.2 Å². The van der Waals surface area contributed by atoms with Crippen molar-refractivity contribution in [2.24, 2.45) is 23.3 Å². The predicted molar refractivity (Wildman–Crippen MR) is 86.0 cm³/mol. The van der Waals surface area contributed by atoms with Crippen LogP contribution in [0.5, 0.6) is 0 Å². The average molecular weight is 309 g/mol. The Morgan fingerprint density at radius 1 is 1.27 bits per heavy atom. The van der Waals surface area contributed by atoms with Gasteiger partial charge in [-0.25, -0.2) is 0 Å². The molecule has 2 atom stereocenters. The molecule has 6 N–H and O–H groups in total. The van der Waals surface area contributed by atoms with Gasteiger partial charge in [0.05, 0.1) is 0 Å². The Labute approximate surface area is 131 Å². The lowest BCUT2D eigenvalue weighted by molar-refractivity contribution is -0.137. The summed E-state index contributed by atoms with van der Waals surface area (Å²) in [6.07, 6.45) is 9.11. The van der Waals surface area contributed by atoms with E-state index in [9.17, 15) is 9.59 Å². The summed E-state index contributed by atoms with van der Waals surface area (Å²) in [6.45, 7) is 1.93. The SMILES string of the molecule is CNC(N)(C(=O)CCCC(=O)O)C(C)CC1C=CC(N)C=C1. The van der Waals surface area contributed by atoms with Crippen molar-refractivity contribution in [3.63, 3.8) is 0 Å². The summed E-state index contributed by atoms with van der Waals surface area (Å²) in [4.78, 5) is 22.9. The normalized spacial score (nSPS) is 24.7. The molecule has 0 aromatic carbocycles. The number of rotatable bonds is 9. The van der Waals surface area contributed by atoms with Crippen LogP contribution in [-0.2, 0) is 9.59 Å². The first kappa shape index (κ1) is 18.5. The number of aliphatic carboxylic acids is 1. The van der Waals surface area contributed by atoms with Gasteiger partial charge in [0.25, 0.3) is 0 Å². The first-order valence-electron chi connectivity index (χ1n) is 7.64. The topological polar surface area (TPSA) is 118 Å². The maximum Gasteiger partial charge on any atom is 0.303 e. The highest BCUT2D eigenvalue weighted by Crippen LogP contribution is 2.26. The zero-order valence-corrected chi connectivity index (χ0v) is 13.3. The number of ketones is 1. The van der Waals surface area contributed by atoms with E-state index in [0.717, 1.165) is 6.42 Å². The number of carbonyl (C=O) groups excluding carboxylic acids is 1. The summed E-state index contributed by atoms with van der Waals surface area (Å²) >= 11 is 0.